The van der Waals surface area contributed by atoms with Crippen molar-refractivity contribution in [1.29, 1.82) is 0 Å². The molecule has 1 nitrogen and oxygen atoms in total. The minimum Gasteiger partial charge on any atom is -0.309 e. The van der Waals surface area contributed by atoms with Crippen molar-refractivity contribution >= 4 is 38.9 Å². The van der Waals surface area contributed by atoms with Gasteiger partial charge in [-0.05, 0) is 37.7 Å². The van der Waals surface area contributed by atoms with E-state index in [9.17, 15) is 0 Å². The molecule has 17 heavy (non-hydrogen) atoms. The molecular weight excluding hydrogens is 318 g/mol. The summed E-state index contributed by atoms with van der Waals surface area (Å²) in [5.74, 6) is 0. The Balaban J connectivity index is 2.45. The van der Waals surface area contributed by atoms with Crippen molar-refractivity contribution in [3.05, 3.63) is 55.1 Å². The van der Waals surface area contributed by atoms with Gasteiger partial charge in [-0.1, -0.05) is 45.2 Å². The van der Waals surface area contributed by atoms with E-state index in [1.165, 1.54) is 16.0 Å². The number of benzene rings is 1. The van der Waals surface area contributed by atoms with Crippen molar-refractivity contribution in [1.82, 2.24) is 5.32 Å². The Labute approximate surface area is 119 Å². The predicted octanol–water partition coefficient (Wildman–Crippen LogP) is 4.78. The molecule has 1 aromatic heterocycles. The average molecular weight is 331 g/mol. The quantitative estimate of drug-likeness (QED) is 0.854. The summed E-state index contributed by atoms with van der Waals surface area (Å²) in [4.78, 5) is 1.23. The first kappa shape index (κ1) is 13.1. The lowest BCUT2D eigenvalue weighted by Crippen LogP contribution is -2.17. The number of hydrogen-bond acceptors (Lipinski definition) is 2. The Hall–Kier alpha value is -0.350. The van der Waals surface area contributed by atoms with Gasteiger partial charge in [-0.15, -0.1) is 11.3 Å². The van der Waals surface area contributed by atoms with Crippen LogP contribution in [0.3, 0.4) is 0 Å². The summed E-state index contributed by atoms with van der Waals surface area (Å²) in [6.45, 7) is 2.10. The summed E-state index contributed by atoms with van der Waals surface area (Å²) in [6, 6.07) is 10.6. The Kier molecular flexibility index (Phi) is 4.26. The summed E-state index contributed by atoms with van der Waals surface area (Å²) in [5, 5.41) is 3.34. The topological polar surface area (TPSA) is 12.0 Å². The monoisotopic (exact) mass is 329 g/mol. The fourth-order valence-electron chi connectivity index (χ4n) is 1.82. The van der Waals surface area contributed by atoms with E-state index >= 15 is 0 Å². The molecule has 0 fully saturated rings. The first-order valence-corrected chi connectivity index (χ1v) is 7.29. The molecule has 0 saturated heterocycles. The molecule has 2 rings (SSSR count). The molecule has 0 aliphatic carbocycles. The van der Waals surface area contributed by atoms with Crippen molar-refractivity contribution in [3.63, 3.8) is 0 Å². The van der Waals surface area contributed by atoms with E-state index < -0.39 is 0 Å². The van der Waals surface area contributed by atoms with Gasteiger partial charge in [0.25, 0.3) is 0 Å². The second kappa shape index (κ2) is 5.53. The fourth-order valence-corrected chi connectivity index (χ4v) is 3.48. The average Bonchev–Trinajstić information content (AvgIpc) is 2.71. The molecule has 90 valence electrons. The third-order valence-electron chi connectivity index (χ3n) is 2.63. The molecule has 0 radical (unpaired) electrons. The third kappa shape index (κ3) is 2.91. The molecule has 1 unspecified atom stereocenters. The Morgan fingerprint density at radius 2 is 2.06 bits per heavy atom. The molecule has 1 heterocycles. The number of thiophene rings is 1. The Morgan fingerprint density at radius 1 is 1.29 bits per heavy atom. The maximum atomic E-state index is 6.00. The maximum Gasteiger partial charge on any atom is 0.0931 e. The van der Waals surface area contributed by atoms with Crippen LogP contribution in [0, 0.1) is 6.92 Å². The van der Waals surface area contributed by atoms with Gasteiger partial charge < -0.3 is 5.32 Å². The molecule has 1 atom stereocenters. The zero-order valence-corrected chi connectivity index (χ0v) is 12.8. The SMILES string of the molecule is CNC(c1ccc(Cl)s1)c1cc(C)ccc1Br. The normalized spacial score (nSPS) is 12.7. The minimum atomic E-state index is 0.182. The standard InChI is InChI=1S/C13H13BrClNS/c1-8-3-4-10(14)9(7-8)13(16-2)11-5-6-12(15)17-11/h3-7,13,16H,1-2H3. The second-order valence-electron chi connectivity index (χ2n) is 3.89. The summed E-state index contributed by atoms with van der Waals surface area (Å²) in [7, 11) is 1.97. The van der Waals surface area contributed by atoms with Gasteiger partial charge in [-0.2, -0.15) is 0 Å². The van der Waals surface area contributed by atoms with Crippen LogP contribution in [0.2, 0.25) is 4.34 Å². The van der Waals surface area contributed by atoms with E-state index in [-0.39, 0.29) is 6.04 Å². The van der Waals surface area contributed by atoms with Crippen LogP contribution in [-0.2, 0) is 0 Å². The van der Waals surface area contributed by atoms with Crippen molar-refractivity contribution < 1.29 is 0 Å². The van der Waals surface area contributed by atoms with Crippen LogP contribution in [0.1, 0.15) is 22.0 Å². The summed E-state index contributed by atoms with van der Waals surface area (Å²) in [5.41, 5.74) is 2.50. The van der Waals surface area contributed by atoms with Crippen molar-refractivity contribution in [2.75, 3.05) is 7.05 Å². The first-order valence-electron chi connectivity index (χ1n) is 5.30. The molecule has 4 heteroatoms. The molecular formula is C13H13BrClNS. The van der Waals surface area contributed by atoms with Gasteiger partial charge in [0, 0.05) is 9.35 Å². The van der Waals surface area contributed by atoms with Crippen LogP contribution in [0.15, 0.2) is 34.8 Å². The number of rotatable bonds is 3. The van der Waals surface area contributed by atoms with Gasteiger partial charge in [0.15, 0.2) is 0 Å². The lowest BCUT2D eigenvalue weighted by molar-refractivity contribution is 0.700. The van der Waals surface area contributed by atoms with Crippen molar-refractivity contribution in [3.8, 4) is 0 Å². The Morgan fingerprint density at radius 3 is 2.65 bits per heavy atom. The Bertz CT molecular complexity index is 524. The van der Waals surface area contributed by atoms with Crippen LogP contribution in [0.5, 0.6) is 0 Å². The van der Waals surface area contributed by atoms with E-state index in [1.807, 2.05) is 13.1 Å². The highest BCUT2D eigenvalue weighted by molar-refractivity contribution is 9.10. The smallest absolute Gasteiger partial charge is 0.0931 e. The molecule has 1 N–H and O–H groups in total. The van der Waals surface area contributed by atoms with E-state index in [4.69, 9.17) is 11.6 Å². The van der Waals surface area contributed by atoms with E-state index in [0.717, 1.165) is 8.81 Å². The fraction of sp³-hybridized carbons (Fsp3) is 0.231. The number of halogens is 2. The van der Waals surface area contributed by atoms with Gasteiger partial charge in [-0.25, -0.2) is 0 Å². The number of aryl methyl sites for hydroxylation is 1. The van der Waals surface area contributed by atoms with E-state index in [1.54, 1.807) is 11.3 Å². The van der Waals surface area contributed by atoms with E-state index in [0.29, 0.717) is 0 Å². The van der Waals surface area contributed by atoms with Crippen LogP contribution >= 0.6 is 38.9 Å². The van der Waals surface area contributed by atoms with Crippen LogP contribution in [0.4, 0.5) is 0 Å². The van der Waals surface area contributed by atoms with Crippen molar-refractivity contribution in [2.24, 2.45) is 0 Å². The van der Waals surface area contributed by atoms with Gasteiger partial charge in [0.05, 0.1) is 10.4 Å². The molecule has 0 bridgehead atoms. The zero-order chi connectivity index (χ0) is 12.4. The first-order chi connectivity index (χ1) is 8.11. The molecule has 0 amide bonds. The molecule has 1 aromatic carbocycles. The largest absolute Gasteiger partial charge is 0.309 e. The van der Waals surface area contributed by atoms with Crippen molar-refractivity contribution in [2.45, 2.75) is 13.0 Å². The summed E-state index contributed by atoms with van der Waals surface area (Å²) < 4.78 is 1.94. The summed E-state index contributed by atoms with van der Waals surface area (Å²) >= 11 is 11.2. The number of hydrogen-bond donors (Lipinski definition) is 1. The lowest BCUT2D eigenvalue weighted by atomic mass is 10.0. The molecule has 0 saturated carbocycles. The molecule has 0 spiro atoms. The highest BCUT2D eigenvalue weighted by atomic mass is 79.9. The highest BCUT2D eigenvalue weighted by Gasteiger charge is 2.16. The van der Waals surface area contributed by atoms with Gasteiger partial charge >= 0.3 is 0 Å². The zero-order valence-electron chi connectivity index (χ0n) is 9.63. The highest BCUT2D eigenvalue weighted by Crippen LogP contribution is 2.34. The molecule has 0 aliphatic heterocycles. The molecule has 2 aromatic rings. The third-order valence-corrected chi connectivity index (χ3v) is 4.65. The molecule has 0 aliphatic rings. The van der Waals surface area contributed by atoms with E-state index in [2.05, 4.69) is 52.4 Å². The summed E-state index contributed by atoms with van der Waals surface area (Å²) in [6.07, 6.45) is 0. The van der Waals surface area contributed by atoms with Crippen LogP contribution in [-0.4, -0.2) is 7.05 Å². The maximum absolute atomic E-state index is 6.00. The lowest BCUT2D eigenvalue weighted by Gasteiger charge is -2.17. The minimum absolute atomic E-state index is 0.182. The number of nitrogens with one attached hydrogen (secondary N) is 1. The predicted molar refractivity (Wildman–Crippen MR) is 79.1 cm³/mol. The van der Waals surface area contributed by atoms with Gasteiger partial charge in [0.2, 0.25) is 0 Å². The van der Waals surface area contributed by atoms with Crippen LogP contribution in [0.25, 0.3) is 0 Å². The second-order valence-corrected chi connectivity index (χ2v) is 6.49. The van der Waals surface area contributed by atoms with Gasteiger partial charge in [0.1, 0.15) is 0 Å². The van der Waals surface area contributed by atoms with Gasteiger partial charge in [-0.3, -0.25) is 0 Å². The van der Waals surface area contributed by atoms with Crippen LogP contribution < -0.4 is 5.32 Å².